The van der Waals surface area contributed by atoms with E-state index in [2.05, 4.69) is 56.1 Å². The fourth-order valence-corrected chi connectivity index (χ4v) is 2.63. The van der Waals surface area contributed by atoms with E-state index >= 15 is 0 Å². The van der Waals surface area contributed by atoms with Crippen LogP contribution in [0.25, 0.3) is 11.1 Å². The molecule has 1 aliphatic rings. The summed E-state index contributed by atoms with van der Waals surface area (Å²) in [7, 11) is 0. The molecule has 0 saturated heterocycles. The molecule has 1 aliphatic carbocycles. The van der Waals surface area contributed by atoms with Gasteiger partial charge in [0, 0.05) is 17.9 Å². The van der Waals surface area contributed by atoms with Gasteiger partial charge in [-0.2, -0.15) is 0 Å². The topological polar surface area (TPSA) is 48.1 Å². The smallest absolute Gasteiger partial charge is 0.0730 e. The van der Waals surface area contributed by atoms with Crippen LogP contribution in [0.1, 0.15) is 44.7 Å². The molecule has 0 spiro atoms. The molecule has 0 radical (unpaired) electrons. The molecule has 1 heterocycles. The Hall–Kier alpha value is -1.71. The third-order valence-electron chi connectivity index (χ3n) is 4.11. The number of nitrogens with two attached hydrogens (primary N) is 1. The second-order valence-electron chi connectivity index (χ2n) is 7.14. The van der Waals surface area contributed by atoms with Crippen molar-refractivity contribution in [1.29, 1.82) is 0 Å². The van der Waals surface area contributed by atoms with Crippen molar-refractivity contribution >= 4 is 0 Å². The van der Waals surface area contributed by atoms with Crippen LogP contribution in [0.15, 0.2) is 42.7 Å². The highest BCUT2D eigenvalue weighted by atomic mass is 16.5. The number of hydrogen-bond acceptors (Lipinski definition) is 3. The molecule has 3 rings (SSSR count). The average molecular weight is 296 g/mol. The summed E-state index contributed by atoms with van der Waals surface area (Å²) in [5.41, 5.74) is 10.8. The third kappa shape index (κ3) is 3.21. The van der Waals surface area contributed by atoms with E-state index in [1.165, 1.54) is 16.7 Å². The summed E-state index contributed by atoms with van der Waals surface area (Å²) in [5.74, 6) is 0. The van der Waals surface area contributed by atoms with Gasteiger partial charge >= 0.3 is 0 Å². The first-order chi connectivity index (χ1) is 10.4. The zero-order chi connectivity index (χ0) is 15.8. The van der Waals surface area contributed by atoms with Gasteiger partial charge in [-0.05, 0) is 61.9 Å². The molecule has 22 heavy (non-hydrogen) atoms. The van der Waals surface area contributed by atoms with E-state index in [0.29, 0.717) is 6.61 Å². The second-order valence-corrected chi connectivity index (χ2v) is 7.14. The van der Waals surface area contributed by atoms with Gasteiger partial charge in [0.1, 0.15) is 0 Å². The van der Waals surface area contributed by atoms with Crippen LogP contribution in [-0.4, -0.2) is 10.6 Å². The molecule has 0 amide bonds. The quantitative estimate of drug-likeness (QED) is 0.927. The first-order valence-corrected chi connectivity index (χ1v) is 7.85. The fourth-order valence-electron chi connectivity index (χ4n) is 2.63. The Bertz CT molecular complexity index is 669. The molecule has 0 aliphatic heterocycles. The van der Waals surface area contributed by atoms with Gasteiger partial charge in [0.2, 0.25) is 0 Å². The standard InChI is InChI=1S/C19H24N2O/c1-18(2,3)22-13-14-6-4-5-7-15(14)16-8-11-21-12-17(16)19(20)9-10-19/h4-8,11-12H,9-10,13,20H2,1-3H3. The number of nitrogens with zero attached hydrogens (tertiary/aromatic N) is 1. The first-order valence-electron chi connectivity index (χ1n) is 7.85. The van der Waals surface area contributed by atoms with Crippen molar-refractivity contribution in [1.82, 2.24) is 4.98 Å². The van der Waals surface area contributed by atoms with Crippen LogP contribution in [0.3, 0.4) is 0 Å². The Kier molecular flexibility index (Phi) is 3.79. The van der Waals surface area contributed by atoms with Gasteiger partial charge in [-0.15, -0.1) is 0 Å². The SMILES string of the molecule is CC(C)(C)OCc1ccccc1-c1ccncc1C1(N)CC1. The predicted octanol–water partition coefficient (Wildman–Crippen LogP) is 4.01. The van der Waals surface area contributed by atoms with E-state index in [4.69, 9.17) is 10.5 Å². The molecule has 0 atom stereocenters. The number of hydrogen-bond donors (Lipinski definition) is 1. The largest absolute Gasteiger partial charge is 0.371 e. The number of benzene rings is 1. The van der Waals surface area contributed by atoms with Crippen LogP contribution in [-0.2, 0) is 16.9 Å². The van der Waals surface area contributed by atoms with Crippen molar-refractivity contribution in [3.05, 3.63) is 53.9 Å². The molecule has 1 aromatic heterocycles. The Morgan fingerprint density at radius 1 is 1.14 bits per heavy atom. The van der Waals surface area contributed by atoms with Crippen molar-refractivity contribution in [2.75, 3.05) is 0 Å². The summed E-state index contributed by atoms with van der Waals surface area (Å²) in [5, 5.41) is 0. The summed E-state index contributed by atoms with van der Waals surface area (Å²) in [6.07, 6.45) is 5.83. The predicted molar refractivity (Wildman–Crippen MR) is 89.3 cm³/mol. The van der Waals surface area contributed by atoms with E-state index < -0.39 is 0 Å². The van der Waals surface area contributed by atoms with Crippen molar-refractivity contribution in [3.63, 3.8) is 0 Å². The molecule has 0 bridgehead atoms. The second kappa shape index (κ2) is 5.49. The molecule has 2 N–H and O–H groups in total. The Morgan fingerprint density at radius 2 is 1.86 bits per heavy atom. The summed E-state index contributed by atoms with van der Waals surface area (Å²) in [6.45, 7) is 6.82. The zero-order valence-electron chi connectivity index (χ0n) is 13.6. The maximum atomic E-state index is 6.43. The molecule has 2 aromatic rings. The van der Waals surface area contributed by atoms with Crippen LogP contribution in [0.4, 0.5) is 0 Å². The Balaban J connectivity index is 1.99. The summed E-state index contributed by atoms with van der Waals surface area (Å²) in [4.78, 5) is 4.28. The number of pyridine rings is 1. The lowest BCUT2D eigenvalue weighted by Crippen LogP contribution is -2.21. The molecular weight excluding hydrogens is 272 g/mol. The van der Waals surface area contributed by atoms with Gasteiger partial charge in [0.05, 0.1) is 12.2 Å². The minimum atomic E-state index is -0.193. The van der Waals surface area contributed by atoms with Gasteiger partial charge in [-0.25, -0.2) is 0 Å². The molecule has 1 aromatic carbocycles. The highest BCUT2D eigenvalue weighted by Gasteiger charge is 2.42. The van der Waals surface area contributed by atoms with Crippen LogP contribution < -0.4 is 5.73 Å². The zero-order valence-corrected chi connectivity index (χ0v) is 13.6. The number of ether oxygens (including phenoxy) is 1. The van der Waals surface area contributed by atoms with Gasteiger partial charge in [0.25, 0.3) is 0 Å². The lowest BCUT2D eigenvalue weighted by Gasteiger charge is -2.22. The van der Waals surface area contributed by atoms with Crippen LogP contribution >= 0.6 is 0 Å². The van der Waals surface area contributed by atoms with E-state index in [0.717, 1.165) is 18.4 Å². The fraction of sp³-hybridized carbons (Fsp3) is 0.421. The lowest BCUT2D eigenvalue weighted by atomic mass is 9.93. The van der Waals surface area contributed by atoms with Crippen LogP contribution in [0, 0.1) is 0 Å². The van der Waals surface area contributed by atoms with Gasteiger partial charge in [-0.3, -0.25) is 4.98 Å². The number of aromatic nitrogens is 1. The van der Waals surface area contributed by atoms with Crippen LogP contribution in [0.2, 0.25) is 0 Å². The van der Waals surface area contributed by atoms with Crippen molar-refractivity contribution in [2.24, 2.45) is 5.73 Å². The third-order valence-corrected chi connectivity index (χ3v) is 4.11. The number of rotatable bonds is 4. The van der Waals surface area contributed by atoms with E-state index in [-0.39, 0.29) is 11.1 Å². The molecule has 3 heteroatoms. The Morgan fingerprint density at radius 3 is 2.55 bits per heavy atom. The molecule has 3 nitrogen and oxygen atoms in total. The van der Waals surface area contributed by atoms with Crippen molar-refractivity contribution in [2.45, 2.75) is 51.4 Å². The highest BCUT2D eigenvalue weighted by Crippen LogP contribution is 2.46. The first kappa shape index (κ1) is 15.2. The normalized spacial score (nSPS) is 16.5. The molecule has 1 fully saturated rings. The highest BCUT2D eigenvalue weighted by molar-refractivity contribution is 5.72. The lowest BCUT2D eigenvalue weighted by molar-refractivity contribution is -0.0147. The monoisotopic (exact) mass is 296 g/mol. The average Bonchev–Trinajstić information content (AvgIpc) is 3.24. The van der Waals surface area contributed by atoms with Crippen LogP contribution in [0.5, 0.6) is 0 Å². The molecule has 0 unspecified atom stereocenters. The summed E-state index contributed by atoms with van der Waals surface area (Å²) in [6, 6.07) is 10.5. The Labute approximate surface area is 132 Å². The van der Waals surface area contributed by atoms with Crippen molar-refractivity contribution in [3.8, 4) is 11.1 Å². The molecule has 1 saturated carbocycles. The van der Waals surface area contributed by atoms with E-state index in [1.807, 2.05) is 12.4 Å². The summed E-state index contributed by atoms with van der Waals surface area (Å²) < 4.78 is 5.97. The van der Waals surface area contributed by atoms with Gasteiger partial charge in [0.15, 0.2) is 0 Å². The summed E-state index contributed by atoms with van der Waals surface area (Å²) >= 11 is 0. The molecule has 116 valence electrons. The van der Waals surface area contributed by atoms with E-state index in [9.17, 15) is 0 Å². The molecular formula is C19H24N2O. The van der Waals surface area contributed by atoms with Gasteiger partial charge < -0.3 is 10.5 Å². The van der Waals surface area contributed by atoms with Gasteiger partial charge in [-0.1, -0.05) is 24.3 Å². The van der Waals surface area contributed by atoms with E-state index in [1.54, 1.807) is 0 Å². The minimum absolute atomic E-state index is 0.153. The maximum Gasteiger partial charge on any atom is 0.0730 e. The van der Waals surface area contributed by atoms with Crippen molar-refractivity contribution < 1.29 is 4.74 Å². The minimum Gasteiger partial charge on any atom is -0.371 e. The maximum absolute atomic E-state index is 6.43.